The first-order valence-electron chi connectivity index (χ1n) is 7.61. The van der Waals surface area contributed by atoms with Crippen LogP contribution in [0.3, 0.4) is 0 Å². The number of ether oxygens (including phenoxy) is 1. The van der Waals surface area contributed by atoms with Crippen LogP contribution in [0.2, 0.25) is 0 Å². The highest BCUT2D eigenvalue weighted by atomic mass is 16.6. The molecule has 5 nitrogen and oxygen atoms in total. The third-order valence-electron chi connectivity index (χ3n) is 3.06. The zero-order valence-electron chi connectivity index (χ0n) is 14.0. The maximum atomic E-state index is 11.8. The van der Waals surface area contributed by atoms with Crippen molar-refractivity contribution in [3.63, 3.8) is 0 Å². The van der Waals surface area contributed by atoms with E-state index < -0.39 is 5.60 Å². The van der Waals surface area contributed by atoms with Crippen molar-refractivity contribution in [2.24, 2.45) is 0 Å². The Morgan fingerprint density at radius 2 is 2.14 bits per heavy atom. The molecule has 21 heavy (non-hydrogen) atoms. The Hall–Kier alpha value is -1.49. The van der Waals surface area contributed by atoms with Crippen LogP contribution in [0.4, 0.5) is 4.79 Å². The average molecular weight is 295 g/mol. The van der Waals surface area contributed by atoms with E-state index in [1.807, 2.05) is 20.8 Å². The molecular formula is C16H29N3O2. The van der Waals surface area contributed by atoms with Gasteiger partial charge in [0.1, 0.15) is 5.60 Å². The van der Waals surface area contributed by atoms with Crippen molar-refractivity contribution in [1.82, 2.24) is 14.8 Å². The molecule has 0 fully saturated rings. The average Bonchev–Trinajstić information content (AvgIpc) is 2.84. The molecule has 5 heteroatoms. The van der Waals surface area contributed by atoms with E-state index in [2.05, 4.69) is 35.3 Å². The van der Waals surface area contributed by atoms with Gasteiger partial charge in [0.25, 0.3) is 0 Å². The minimum absolute atomic E-state index is 0.262. The smallest absolute Gasteiger partial charge is 0.410 e. The second-order valence-electron chi connectivity index (χ2n) is 6.28. The highest BCUT2D eigenvalue weighted by molar-refractivity contribution is 5.67. The number of nitrogens with one attached hydrogen (secondary N) is 1. The van der Waals surface area contributed by atoms with Crippen molar-refractivity contribution in [1.29, 1.82) is 0 Å². The molecule has 120 valence electrons. The minimum atomic E-state index is -0.434. The third kappa shape index (κ3) is 7.18. The van der Waals surface area contributed by atoms with E-state index in [1.54, 1.807) is 11.9 Å². The van der Waals surface area contributed by atoms with Gasteiger partial charge in [0, 0.05) is 39.1 Å². The van der Waals surface area contributed by atoms with E-state index in [9.17, 15) is 4.79 Å². The van der Waals surface area contributed by atoms with E-state index in [1.165, 1.54) is 5.56 Å². The fourth-order valence-electron chi connectivity index (χ4n) is 1.90. The highest BCUT2D eigenvalue weighted by Crippen LogP contribution is 2.09. The zero-order valence-corrected chi connectivity index (χ0v) is 14.0. The molecule has 1 heterocycles. The maximum absolute atomic E-state index is 11.8. The van der Waals surface area contributed by atoms with Crippen molar-refractivity contribution in [3.8, 4) is 0 Å². The first-order chi connectivity index (χ1) is 9.81. The molecule has 0 aliphatic carbocycles. The highest BCUT2D eigenvalue weighted by Gasteiger charge is 2.18. The van der Waals surface area contributed by atoms with Crippen LogP contribution in [0.1, 0.15) is 39.7 Å². The first kappa shape index (κ1) is 17.6. The van der Waals surface area contributed by atoms with Gasteiger partial charge < -0.3 is 19.5 Å². The van der Waals surface area contributed by atoms with Gasteiger partial charge in [-0.05, 0) is 52.3 Å². The maximum Gasteiger partial charge on any atom is 0.410 e. The first-order valence-corrected chi connectivity index (χ1v) is 7.61. The van der Waals surface area contributed by atoms with Gasteiger partial charge in [-0.2, -0.15) is 0 Å². The molecule has 0 spiro atoms. The summed E-state index contributed by atoms with van der Waals surface area (Å²) in [6.45, 7) is 11.2. The van der Waals surface area contributed by atoms with Gasteiger partial charge in [0.15, 0.2) is 0 Å². The molecule has 1 rings (SSSR count). The topological polar surface area (TPSA) is 46.5 Å². The number of hydrogen-bond acceptors (Lipinski definition) is 3. The van der Waals surface area contributed by atoms with Crippen molar-refractivity contribution >= 4 is 6.09 Å². The lowest BCUT2D eigenvalue weighted by Crippen LogP contribution is -2.35. The van der Waals surface area contributed by atoms with E-state index in [0.29, 0.717) is 6.54 Å². The molecule has 0 aromatic carbocycles. The van der Waals surface area contributed by atoms with Gasteiger partial charge in [-0.15, -0.1) is 0 Å². The van der Waals surface area contributed by atoms with Crippen molar-refractivity contribution in [2.75, 3.05) is 20.1 Å². The SMILES string of the molecule is CCn1ccc(CNCCCN(C)C(=O)OC(C)(C)C)c1. The second-order valence-corrected chi connectivity index (χ2v) is 6.28. The van der Waals surface area contributed by atoms with Crippen molar-refractivity contribution in [3.05, 3.63) is 24.0 Å². The predicted octanol–water partition coefficient (Wildman–Crippen LogP) is 2.85. The van der Waals surface area contributed by atoms with Crippen LogP contribution >= 0.6 is 0 Å². The summed E-state index contributed by atoms with van der Waals surface area (Å²) in [5.74, 6) is 0. The Kier molecular flexibility index (Phi) is 6.75. The third-order valence-corrected chi connectivity index (χ3v) is 3.06. The summed E-state index contributed by atoms with van der Waals surface area (Å²) in [5.41, 5.74) is 0.855. The monoisotopic (exact) mass is 295 g/mol. The largest absolute Gasteiger partial charge is 0.444 e. The number of hydrogen-bond donors (Lipinski definition) is 1. The van der Waals surface area contributed by atoms with Crippen LogP contribution in [-0.4, -0.2) is 41.3 Å². The molecule has 0 saturated carbocycles. The van der Waals surface area contributed by atoms with Gasteiger partial charge in [-0.25, -0.2) is 4.79 Å². The van der Waals surface area contributed by atoms with Gasteiger partial charge in [-0.3, -0.25) is 0 Å². The van der Waals surface area contributed by atoms with Crippen LogP contribution in [-0.2, 0) is 17.8 Å². The predicted molar refractivity (Wildman–Crippen MR) is 85.3 cm³/mol. The summed E-state index contributed by atoms with van der Waals surface area (Å²) < 4.78 is 7.46. The normalized spacial score (nSPS) is 11.5. The fraction of sp³-hybridized carbons (Fsp3) is 0.688. The summed E-state index contributed by atoms with van der Waals surface area (Å²) in [7, 11) is 1.77. The number of amides is 1. The molecule has 1 N–H and O–H groups in total. The Morgan fingerprint density at radius 1 is 1.43 bits per heavy atom. The molecule has 0 aliphatic heterocycles. The van der Waals surface area contributed by atoms with Crippen LogP contribution in [0, 0.1) is 0 Å². The van der Waals surface area contributed by atoms with Crippen molar-refractivity contribution in [2.45, 2.75) is 52.8 Å². The molecule has 1 aromatic rings. The molecule has 0 saturated heterocycles. The number of aryl methyl sites for hydroxylation is 1. The quantitative estimate of drug-likeness (QED) is 0.787. The molecule has 0 aliphatic rings. The lowest BCUT2D eigenvalue weighted by molar-refractivity contribution is 0.0297. The molecule has 0 atom stereocenters. The number of carbonyl (C=O) groups excluding carboxylic acids is 1. The standard InChI is InChI=1S/C16H29N3O2/c1-6-19-11-8-14(13-19)12-17-9-7-10-18(5)15(20)21-16(2,3)4/h8,11,13,17H,6-7,9-10,12H2,1-5H3. The summed E-state index contributed by atoms with van der Waals surface area (Å²) in [5, 5.41) is 3.39. The summed E-state index contributed by atoms with van der Waals surface area (Å²) in [4.78, 5) is 13.4. The van der Waals surface area contributed by atoms with Gasteiger partial charge >= 0.3 is 6.09 Å². The minimum Gasteiger partial charge on any atom is -0.444 e. The Balaban J connectivity index is 2.14. The number of aromatic nitrogens is 1. The van der Waals surface area contributed by atoms with Gasteiger partial charge in [0.05, 0.1) is 0 Å². The lowest BCUT2D eigenvalue weighted by atomic mass is 10.2. The van der Waals surface area contributed by atoms with E-state index in [4.69, 9.17) is 4.74 Å². The number of nitrogens with zero attached hydrogens (tertiary/aromatic N) is 2. The van der Waals surface area contributed by atoms with E-state index >= 15 is 0 Å². The van der Waals surface area contributed by atoms with Crippen LogP contribution in [0.25, 0.3) is 0 Å². The zero-order chi connectivity index (χ0) is 15.9. The fourth-order valence-corrected chi connectivity index (χ4v) is 1.90. The van der Waals surface area contributed by atoms with Crippen LogP contribution in [0.5, 0.6) is 0 Å². The van der Waals surface area contributed by atoms with Gasteiger partial charge in [-0.1, -0.05) is 0 Å². The van der Waals surface area contributed by atoms with Crippen LogP contribution in [0.15, 0.2) is 18.5 Å². The molecule has 0 radical (unpaired) electrons. The van der Waals surface area contributed by atoms with Crippen LogP contribution < -0.4 is 5.32 Å². The molecular weight excluding hydrogens is 266 g/mol. The molecule has 1 amide bonds. The Labute approximate surface area is 128 Å². The summed E-state index contributed by atoms with van der Waals surface area (Å²) in [6, 6.07) is 2.13. The number of rotatable bonds is 7. The summed E-state index contributed by atoms with van der Waals surface area (Å²) >= 11 is 0. The van der Waals surface area contributed by atoms with Crippen molar-refractivity contribution < 1.29 is 9.53 Å². The van der Waals surface area contributed by atoms with E-state index in [-0.39, 0.29) is 6.09 Å². The van der Waals surface area contributed by atoms with Gasteiger partial charge in [0.2, 0.25) is 0 Å². The Morgan fingerprint density at radius 3 is 2.71 bits per heavy atom. The lowest BCUT2D eigenvalue weighted by Gasteiger charge is -2.24. The number of carbonyl (C=O) groups is 1. The summed E-state index contributed by atoms with van der Waals surface area (Å²) in [6.07, 6.45) is 4.89. The molecule has 0 bridgehead atoms. The molecule has 1 aromatic heterocycles. The second kappa shape index (κ2) is 8.08. The molecule has 0 unspecified atom stereocenters. The Bertz CT molecular complexity index is 435. The van der Waals surface area contributed by atoms with E-state index in [0.717, 1.165) is 26.1 Å².